The van der Waals surface area contributed by atoms with Crippen molar-refractivity contribution in [1.82, 2.24) is 9.55 Å². The molecule has 5 nitrogen and oxygen atoms in total. The Bertz CT molecular complexity index is 730. The number of aromatic nitrogens is 2. The van der Waals surface area contributed by atoms with Gasteiger partial charge < -0.3 is 10.3 Å². The van der Waals surface area contributed by atoms with Crippen molar-refractivity contribution in [3.05, 3.63) is 56.2 Å². The van der Waals surface area contributed by atoms with Crippen LogP contribution in [-0.4, -0.2) is 9.55 Å². The van der Waals surface area contributed by atoms with E-state index >= 15 is 0 Å². The Kier molecular flexibility index (Phi) is 3.67. The average Bonchev–Trinajstić information content (AvgIpc) is 2.42. The Morgan fingerprint density at radius 2 is 2.32 bits per heavy atom. The van der Waals surface area contributed by atoms with Crippen LogP contribution in [0.5, 0.6) is 0 Å². The van der Waals surface area contributed by atoms with Crippen molar-refractivity contribution in [3.63, 3.8) is 0 Å². The molecule has 2 aromatic heterocycles. The highest BCUT2D eigenvalue weighted by atomic mass is 79.9. The third kappa shape index (κ3) is 2.66. The quantitative estimate of drug-likeness (QED) is 0.915. The Morgan fingerprint density at radius 3 is 3.00 bits per heavy atom. The number of pyridine rings is 2. The number of nitrogens with zero attached hydrogens (tertiary/aromatic N) is 3. The Labute approximate surface area is 118 Å². The molecule has 0 atom stereocenters. The van der Waals surface area contributed by atoms with E-state index in [1.165, 1.54) is 4.57 Å². The van der Waals surface area contributed by atoms with E-state index in [1.807, 2.05) is 6.07 Å². The van der Waals surface area contributed by atoms with Crippen LogP contribution in [0.3, 0.4) is 0 Å². The summed E-state index contributed by atoms with van der Waals surface area (Å²) >= 11 is 3.24. The second-order valence-electron chi connectivity index (χ2n) is 4.12. The minimum atomic E-state index is -0.151. The first kappa shape index (κ1) is 13.3. The van der Waals surface area contributed by atoms with E-state index in [0.717, 1.165) is 11.1 Å². The van der Waals surface area contributed by atoms with Gasteiger partial charge in [-0.3, -0.25) is 4.79 Å². The largest absolute Gasteiger partial charge is 0.397 e. The first-order valence-corrected chi connectivity index (χ1v) is 6.32. The molecule has 96 valence electrons. The molecule has 2 rings (SSSR count). The van der Waals surface area contributed by atoms with Gasteiger partial charge in [0.05, 0.1) is 16.7 Å². The molecule has 2 heterocycles. The Balaban J connectivity index is 2.44. The van der Waals surface area contributed by atoms with E-state index in [0.29, 0.717) is 22.4 Å². The Hall–Kier alpha value is -2.13. The first-order valence-electron chi connectivity index (χ1n) is 5.53. The fourth-order valence-corrected chi connectivity index (χ4v) is 2.14. The summed E-state index contributed by atoms with van der Waals surface area (Å²) in [4.78, 5) is 16.0. The zero-order valence-corrected chi connectivity index (χ0v) is 11.8. The molecule has 0 aliphatic carbocycles. The molecular weight excluding hydrogens is 308 g/mol. The van der Waals surface area contributed by atoms with E-state index in [2.05, 4.69) is 20.9 Å². The van der Waals surface area contributed by atoms with Crippen molar-refractivity contribution in [2.45, 2.75) is 13.5 Å². The Morgan fingerprint density at radius 1 is 1.58 bits per heavy atom. The lowest BCUT2D eigenvalue weighted by Gasteiger charge is -2.10. The van der Waals surface area contributed by atoms with Crippen LogP contribution in [0.1, 0.15) is 16.8 Å². The molecule has 0 aliphatic rings. The molecule has 2 aromatic rings. The summed E-state index contributed by atoms with van der Waals surface area (Å²) in [5.41, 5.74) is 8.11. The minimum absolute atomic E-state index is 0.151. The van der Waals surface area contributed by atoms with Gasteiger partial charge in [0, 0.05) is 12.4 Å². The molecule has 0 aliphatic heterocycles. The number of hydrogen-bond donors (Lipinski definition) is 1. The minimum Gasteiger partial charge on any atom is -0.397 e. The lowest BCUT2D eigenvalue weighted by atomic mass is 10.2. The fourth-order valence-electron chi connectivity index (χ4n) is 1.68. The SMILES string of the molecule is Cc1c(N)cn(Cc2ccnc(C#N)c2)c(=O)c1Br. The molecule has 2 N–H and O–H groups in total. The summed E-state index contributed by atoms with van der Waals surface area (Å²) in [7, 11) is 0. The normalized spacial score (nSPS) is 10.2. The molecule has 0 saturated carbocycles. The number of hydrogen-bond acceptors (Lipinski definition) is 4. The van der Waals surface area contributed by atoms with E-state index in [9.17, 15) is 4.79 Å². The maximum absolute atomic E-state index is 12.1. The van der Waals surface area contributed by atoms with Crippen LogP contribution in [0.15, 0.2) is 33.8 Å². The zero-order valence-electron chi connectivity index (χ0n) is 10.2. The topological polar surface area (TPSA) is 84.7 Å². The predicted octanol–water partition coefficient (Wildman–Crippen LogP) is 1.82. The van der Waals surface area contributed by atoms with Crippen molar-refractivity contribution < 1.29 is 0 Å². The van der Waals surface area contributed by atoms with Crippen LogP contribution in [0.4, 0.5) is 5.69 Å². The van der Waals surface area contributed by atoms with Crippen molar-refractivity contribution in [3.8, 4) is 6.07 Å². The molecule has 0 saturated heterocycles. The van der Waals surface area contributed by atoms with Crippen LogP contribution in [0, 0.1) is 18.3 Å². The molecule has 0 fully saturated rings. The second-order valence-corrected chi connectivity index (χ2v) is 4.91. The van der Waals surface area contributed by atoms with Gasteiger partial charge in [-0.2, -0.15) is 5.26 Å². The van der Waals surface area contributed by atoms with Gasteiger partial charge in [0.2, 0.25) is 0 Å². The van der Waals surface area contributed by atoms with Gasteiger partial charge in [-0.25, -0.2) is 4.98 Å². The molecule has 0 spiro atoms. The summed E-state index contributed by atoms with van der Waals surface area (Å²) in [5.74, 6) is 0. The maximum atomic E-state index is 12.1. The van der Waals surface area contributed by atoms with Gasteiger partial charge in [-0.15, -0.1) is 0 Å². The first-order chi connectivity index (χ1) is 9.02. The second kappa shape index (κ2) is 5.24. The van der Waals surface area contributed by atoms with E-state index in [-0.39, 0.29) is 5.56 Å². The number of anilines is 1. The zero-order chi connectivity index (χ0) is 14.0. The predicted molar refractivity (Wildman–Crippen MR) is 75.6 cm³/mol. The number of halogens is 1. The summed E-state index contributed by atoms with van der Waals surface area (Å²) in [6.45, 7) is 2.13. The average molecular weight is 319 g/mol. The molecule has 6 heteroatoms. The maximum Gasteiger partial charge on any atom is 0.265 e. The van der Waals surface area contributed by atoms with Crippen molar-refractivity contribution in [1.29, 1.82) is 5.26 Å². The van der Waals surface area contributed by atoms with Gasteiger partial charge >= 0.3 is 0 Å². The molecule has 0 radical (unpaired) electrons. The lowest BCUT2D eigenvalue weighted by Crippen LogP contribution is -2.22. The third-order valence-corrected chi connectivity index (χ3v) is 3.73. The van der Waals surface area contributed by atoms with E-state index in [4.69, 9.17) is 11.0 Å². The fraction of sp³-hybridized carbons (Fsp3) is 0.154. The van der Waals surface area contributed by atoms with Gasteiger partial charge in [0.1, 0.15) is 11.8 Å². The highest BCUT2D eigenvalue weighted by Crippen LogP contribution is 2.17. The van der Waals surface area contributed by atoms with Gasteiger partial charge in [0.25, 0.3) is 5.56 Å². The number of nitrogens with two attached hydrogens (primary N) is 1. The number of nitrogen functional groups attached to an aromatic ring is 1. The van der Waals surface area contributed by atoms with Gasteiger partial charge in [0.15, 0.2) is 0 Å². The molecule has 0 amide bonds. The van der Waals surface area contributed by atoms with Crippen LogP contribution < -0.4 is 11.3 Å². The highest BCUT2D eigenvalue weighted by molar-refractivity contribution is 9.10. The summed E-state index contributed by atoms with van der Waals surface area (Å²) in [6, 6.07) is 5.38. The standard InChI is InChI=1S/C13H11BrN4O/c1-8-11(16)7-18(13(19)12(8)14)6-9-2-3-17-10(4-9)5-15/h2-4,7H,6,16H2,1H3. The van der Waals surface area contributed by atoms with Gasteiger partial charge in [-0.1, -0.05) is 0 Å². The van der Waals surface area contributed by atoms with Crippen LogP contribution in [0.2, 0.25) is 0 Å². The van der Waals surface area contributed by atoms with E-state index < -0.39 is 0 Å². The van der Waals surface area contributed by atoms with Gasteiger partial charge in [-0.05, 0) is 46.1 Å². The molecular formula is C13H11BrN4O. The lowest BCUT2D eigenvalue weighted by molar-refractivity contribution is 0.753. The van der Waals surface area contributed by atoms with Crippen LogP contribution in [-0.2, 0) is 6.54 Å². The summed E-state index contributed by atoms with van der Waals surface area (Å²) < 4.78 is 1.96. The number of rotatable bonds is 2. The van der Waals surface area contributed by atoms with Crippen molar-refractivity contribution in [2.75, 3.05) is 5.73 Å². The summed E-state index contributed by atoms with van der Waals surface area (Å²) in [6.07, 6.45) is 3.15. The smallest absolute Gasteiger partial charge is 0.265 e. The van der Waals surface area contributed by atoms with Crippen molar-refractivity contribution in [2.24, 2.45) is 0 Å². The van der Waals surface area contributed by atoms with Crippen molar-refractivity contribution >= 4 is 21.6 Å². The summed E-state index contributed by atoms with van der Waals surface area (Å²) in [5, 5.41) is 8.80. The monoisotopic (exact) mass is 318 g/mol. The van der Waals surface area contributed by atoms with Crippen LogP contribution in [0.25, 0.3) is 0 Å². The molecule has 0 aromatic carbocycles. The van der Waals surface area contributed by atoms with E-state index in [1.54, 1.807) is 31.5 Å². The number of nitriles is 1. The van der Waals surface area contributed by atoms with Crippen LogP contribution >= 0.6 is 15.9 Å². The molecule has 19 heavy (non-hydrogen) atoms. The molecule has 0 unspecified atom stereocenters. The highest BCUT2D eigenvalue weighted by Gasteiger charge is 2.09. The third-order valence-electron chi connectivity index (χ3n) is 2.80. The molecule has 0 bridgehead atoms.